The minimum absolute atomic E-state index is 0.0238. The first-order chi connectivity index (χ1) is 11.6. The number of aliphatic hydroxyl groups excluding tert-OH is 1. The van der Waals surface area contributed by atoms with Crippen LogP contribution in [0.5, 0.6) is 0 Å². The number of halogens is 2. The van der Waals surface area contributed by atoms with Crippen LogP contribution in [0.2, 0.25) is 10.0 Å². The van der Waals surface area contributed by atoms with Crippen LogP contribution in [-0.2, 0) is 6.54 Å². The average Bonchev–Trinajstić information content (AvgIpc) is 2.91. The summed E-state index contributed by atoms with van der Waals surface area (Å²) in [5.41, 5.74) is 3.83. The maximum atomic E-state index is 9.45. The Kier molecular flexibility index (Phi) is 5.41. The Balaban J connectivity index is 2.14. The normalized spacial score (nSPS) is 11.9. The molecule has 3 aromatic rings. The zero-order valence-electron chi connectivity index (χ0n) is 13.0. The van der Waals surface area contributed by atoms with Crippen LogP contribution in [0, 0.1) is 6.92 Å². The van der Waals surface area contributed by atoms with E-state index in [4.69, 9.17) is 28.2 Å². The van der Waals surface area contributed by atoms with Gasteiger partial charge in [-0.15, -0.1) is 11.3 Å². The Morgan fingerprint density at radius 3 is 2.71 bits per heavy atom. The molecule has 24 heavy (non-hydrogen) atoms. The van der Waals surface area contributed by atoms with Gasteiger partial charge in [0.2, 0.25) is 0 Å². The fourth-order valence-electron chi connectivity index (χ4n) is 2.46. The molecule has 3 rings (SSSR count). The van der Waals surface area contributed by atoms with E-state index in [9.17, 15) is 5.11 Å². The van der Waals surface area contributed by atoms with Crippen LogP contribution in [-0.4, -0.2) is 16.3 Å². The average molecular weight is 379 g/mol. The van der Waals surface area contributed by atoms with Crippen molar-refractivity contribution in [3.8, 4) is 11.3 Å². The third-order valence-electron chi connectivity index (χ3n) is 3.55. The number of aromatic nitrogens is 1. The standard InChI is InChI=1S/C18H16Cl2N2OS/c1-12-3-2-4-14(9-12)21-18-22(7-8-23)17(11-24-18)15-6-5-13(19)10-16(15)20/h2-6,9-11,23H,7-8H2,1H3. The van der Waals surface area contributed by atoms with Gasteiger partial charge in [0.15, 0.2) is 4.80 Å². The van der Waals surface area contributed by atoms with Gasteiger partial charge in [-0.1, -0.05) is 35.3 Å². The van der Waals surface area contributed by atoms with Gasteiger partial charge in [0, 0.05) is 22.5 Å². The van der Waals surface area contributed by atoms with Gasteiger partial charge in [-0.25, -0.2) is 4.99 Å². The number of hydrogen-bond donors (Lipinski definition) is 1. The minimum atomic E-state index is 0.0238. The van der Waals surface area contributed by atoms with Crippen LogP contribution < -0.4 is 4.80 Å². The molecule has 0 bridgehead atoms. The zero-order chi connectivity index (χ0) is 17.1. The molecule has 2 aromatic carbocycles. The van der Waals surface area contributed by atoms with Crippen molar-refractivity contribution >= 4 is 40.2 Å². The summed E-state index contributed by atoms with van der Waals surface area (Å²) in [4.78, 5) is 5.53. The predicted octanol–water partition coefficient (Wildman–Crippen LogP) is 5.06. The summed E-state index contributed by atoms with van der Waals surface area (Å²) in [5.74, 6) is 0. The molecule has 0 radical (unpaired) electrons. The molecule has 124 valence electrons. The predicted molar refractivity (Wildman–Crippen MR) is 101 cm³/mol. The summed E-state index contributed by atoms with van der Waals surface area (Å²) in [6.45, 7) is 2.51. The van der Waals surface area contributed by atoms with Gasteiger partial charge in [0.05, 0.1) is 23.0 Å². The maximum absolute atomic E-state index is 9.45. The second kappa shape index (κ2) is 7.53. The third-order valence-corrected chi connectivity index (χ3v) is 4.97. The first-order valence-electron chi connectivity index (χ1n) is 7.44. The second-order valence-electron chi connectivity index (χ2n) is 5.35. The number of benzene rings is 2. The van der Waals surface area contributed by atoms with E-state index in [0.29, 0.717) is 16.6 Å². The molecule has 6 heteroatoms. The van der Waals surface area contributed by atoms with Crippen molar-refractivity contribution in [2.45, 2.75) is 13.5 Å². The van der Waals surface area contributed by atoms with Gasteiger partial charge in [0.25, 0.3) is 0 Å². The highest BCUT2D eigenvalue weighted by atomic mass is 35.5. The van der Waals surface area contributed by atoms with Crippen LogP contribution in [0.15, 0.2) is 52.8 Å². The number of thiazole rings is 1. The molecule has 0 saturated heterocycles. The van der Waals surface area contributed by atoms with E-state index in [0.717, 1.165) is 27.3 Å². The van der Waals surface area contributed by atoms with Crippen LogP contribution in [0.4, 0.5) is 5.69 Å². The molecule has 0 unspecified atom stereocenters. The molecule has 0 atom stereocenters. The first-order valence-corrected chi connectivity index (χ1v) is 9.08. The molecular weight excluding hydrogens is 363 g/mol. The van der Waals surface area contributed by atoms with Crippen molar-refractivity contribution < 1.29 is 5.11 Å². The fourth-order valence-corrected chi connectivity index (χ4v) is 3.91. The number of nitrogens with zero attached hydrogens (tertiary/aromatic N) is 2. The quantitative estimate of drug-likeness (QED) is 0.676. The van der Waals surface area contributed by atoms with Crippen LogP contribution >= 0.6 is 34.5 Å². The summed E-state index contributed by atoms with van der Waals surface area (Å²) < 4.78 is 1.97. The van der Waals surface area contributed by atoms with E-state index in [1.165, 1.54) is 11.3 Å². The fraction of sp³-hybridized carbons (Fsp3) is 0.167. The molecule has 0 fully saturated rings. The van der Waals surface area contributed by atoms with Crippen LogP contribution in [0.1, 0.15) is 5.56 Å². The lowest BCUT2D eigenvalue weighted by Gasteiger charge is -2.09. The number of hydrogen-bond acceptors (Lipinski definition) is 3. The van der Waals surface area contributed by atoms with E-state index in [-0.39, 0.29) is 6.61 Å². The van der Waals surface area contributed by atoms with E-state index in [2.05, 4.69) is 0 Å². The highest BCUT2D eigenvalue weighted by molar-refractivity contribution is 7.07. The Hall–Kier alpha value is -1.59. The van der Waals surface area contributed by atoms with Crippen LogP contribution in [0.3, 0.4) is 0 Å². The summed E-state index contributed by atoms with van der Waals surface area (Å²) in [6, 6.07) is 13.4. The van der Waals surface area contributed by atoms with Gasteiger partial charge in [-0.2, -0.15) is 0 Å². The van der Waals surface area contributed by atoms with Crippen LogP contribution in [0.25, 0.3) is 11.3 Å². The van der Waals surface area contributed by atoms with E-state index < -0.39 is 0 Å². The zero-order valence-corrected chi connectivity index (χ0v) is 15.4. The van der Waals surface area contributed by atoms with Gasteiger partial charge in [-0.05, 0) is 42.8 Å². The topological polar surface area (TPSA) is 37.5 Å². The summed E-state index contributed by atoms with van der Waals surface area (Å²) in [6.07, 6.45) is 0. The molecule has 0 aliphatic heterocycles. The van der Waals surface area contributed by atoms with Gasteiger partial charge < -0.3 is 9.67 Å². The Bertz CT molecular complexity index is 931. The SMILES string of the molecule is Cc1cccc(N=c2scc(-c3ccc(Cl)cc3Cl)n2CCO)c1. The molecule has 1 N–H and O–H groups in total. The smallest absolute Gasteiger partial charge is 0.190 e. The van der Waals surface area contributed by atoms with Crippen molar-refractivity contribution in [2.75, 3.05) is 6.61 Å². The molecule has 0 spiro atoms. The summed E-state index contributed by atoms with van der Waals surface area (Å²) >= 11 is 13.8. The summed E-state index contributed by atoms with van der Waals surface area (Å²) in [5, 5.41) is 12.6. The molecule has 0 amide bonds. The van der Waals surface area contributed by atoms with Crippen molar-refractivity contribution in [2.24, 2.45) is 4.99 Å². The highest BCUT2D eigenvalue weighted by Crippen LogP contribution is 2.30. The lowest BCUT2D eigenvalue weighted by Crippen LogP contribution is -2.18. The molecule has 0 saturated carbocycles. The Labute approximate surface area is 154 Å². The lowest BCUT2D eigenvalue weighted by atomic mass is 10.1. The third kappa shape index (κ3) is 3.73. The number of aryl methyl sites for hydroxylation is 1. The van der Waals surface area contributed by atoms with Gasteiger partial charge in [0.1, 0.15) is 0 Å². The first kappa shape index (κ1) is 17.2. The summed E-state index contributed by atoms with van der Waals surface area (Å²) in [7, 11) is 0. The molecule has 1 heterocycles. The van der Waals surface area contributed by atoms with Crippen molar-refractivity contribution in [1.29, 1.82) is 0 Å². The van der Waals surface area contributed by atoms with Crippen molar-refractivity contribution in [1.82, 2.24) is 4.57 Å². The van der Waals surface area contributed by atoms with Gasteiger partial charge in [-0.3, -0.25) is 0 Å². The Morgan fingerprint density at radius 1 is 1.17 bits per heavy atom. The molecule has 3 nitrogen and oxygen atoms in total. The monoisotopic (exact) mass is 378 g/mol. The molecule has 0 aliphatic carbocycles. The number of rotatable bonds is 4. The molecule has 0 aliphatic rings. The molecule has 1 aromatic heterocycles. The van der Waals surface area contributed by atoms with E-state index in [1.807, 2.05) is 47.2 Å². The van der Waals surface area contributed by atoms with Gasteiger partial charge >= 0.3 is 0 Å². The van der Waals surface area contributed by atoms with Crippen molar-refractivity contribution in [3.63, 3.8) is 0 Å². The minimum Gasteiger partial charge on any atom is -0.395 e. The lowest BCUT2D eigenvalue weighted by molar-refractivity contribution is 0.275. The highest BCUT2D eigenvalue weighted by Gasteiger charge is 2.11. The largest absolute Gasteiger partial charge is 0.395 e. The van der Waals surface area contributed by atoms with E-state index in [1.54, 1.807) is 12.1 Å². The maximum Gasteiger partial charge on any atom is 0.190 e. The van der Waals surface area contributed by atoms with Crippen molar-refractivity contribution in [3.05, 3.63) is 68.3 Å². The second-order valence-corrected chi connectivity index (χ2v) is 7.03. The molecular formula is C18H16Cl2N2OS. The Morgan fingerprint density at radius 2 is 2.00 bits per heavy atom. The van der Waals surface area contributed by atoms with E-state index >= 15 is 0 Å². The number of aliphatic hydroxyl groups is 1.